The Labute approximate surface area is 400 Å². The van der Waals surface area contributed by atoms with Crippen molar-refractivity contribution >= 4 is 23.8 Å². The number of ether oxygens (including phenoxy) is 3. The van der Waals surface area contributed by atoms with E-state index >= 15 is 0 Å². The maximum atomic E-state index is 13.5. The summed E-state index contributed by atoms with van der Waals surface area (Å²) in [5, 5.41) is 31.8. The molecule has 18 heteroatoms. The van der Waals surface area contributed by atoms with Crippen LogP contribution < -0.4 is 22.5 Å². The zero-order chi connectivity index (χ0) is 48.6. The Balaban J connectivity index is 1.23. The van der Waals surface area contributed by atoms with Gasteiger partial charge in [0.1, 0.15) is 0 Å². The first kappa shape index (κ1) is 55.4. The second kappa shape index (κ2) is 27.2. The topological polar surface area (TPSA) is 260 Å². The molecule has 0 bridgehead atoms. The van der Waals surface area contributed by atoms with Crippen LogP contribution in [0.4, 0.5) is 0 Å². The normalized spacial score (nSPS) is 33.1. The molecule has 18 nitrogen and oxygen atoms in total. The fourth-order valence-corrected chi connectivity index (χ4v) is 13.5. The van der Waals surface area contributed by atoms with E-state index in [0.717, 1.165) is 83.7 Å². The molecular weight excluding hydrogens is 861 g/mol. The first-order valence-electron chi connectivity index (χ1n) is 25.9. The highest BCUT2D eigenvalue weighted by Crippen LogP contribution is 2.69. The van der Waals surface area contributed by atoms with Gasteiger partial charge in [-0.15, -0.1) is 0 Å². The summed E-state index contributed by atoms with van der Waals surface area (Å²) in [5.74, 6) is -0.270. The lowest BCUT2D eigenvalue weighted by Gasteiger charge is -2.65. The van der Waals surface area contributed by atoms with Crippen molar-refractivity contribution in [2.24, 2.45) is 63.5 Å². The highest BCUT2D eigenvalue weighted by atomic mass is 16.5. The van der Waals surface area contributed by atoms with Crippen LogP contribution in [-0.4, -0.2) is 202 Å². The molecule has 2 unspecified atom stereocenters. The fraction of sp³-hybridized carbons (Fsp3) is 0.918. The third-order valence-electron chi connectivity index (χ3n) is 17.0. The van der Waals surface area contributed by atoms with Crippen molar-refractivity contribution in [2.75, 3.05) is 125 Å². The Morgan fingerprint density at radius 1 is 0.642 bits per heavy atom. The van der Waals surface area contributed by atoms with E-state index in [1.54, 1.807) is 14.7 Å². The molecule has 5 aliphatic rings. The van der Waals surface area contributed by atoms with Crippen molar-refractivity contribution in [1.29, 1.82) is 0 Å². The minimum atomic E-state index is -1.00. The van der Waals surface area contributed by atoms with Crippen LogP contribution in [0.3, 0.4) is 0 Å². The van der Waals surface area contributed by atoms with E-state index in [2.05, 4.69) is 26.1 Å². The monoisotopic (exact) mass is 951 g/mol. The van der Waals surface area contributed by atoms with Crippen molar-refractivity contribution in [3.05, 3.63) is 0 Å². The molecule has 67 heavy (non-hydrogen) atoms. The van der Waals surface area contributed by atoms with E-state index in [4.69, 9.17) is 31.4 Å². The molecule has 11 atom stereocenters. The number of aliphatic carboxylic acids is 3. The lowest BCUT2D eigenvalue weighted by atomic mass is 9.43. The van der Waals surface area contributed by atoms with E-state index in [0.29, 0.717) is 127 Å². The number of nitrogens with two attached hydrogens (primary N) is 3. The van der Waals surface area contributed by atoms with Crippen LogP contribution in [0.2, 0.25) is 0 Å². The van der Waals surface area contributed by atoms with Gasteiger partial charge in [0.15, 0.2) is 0 Å². The number of hydrogen-bond acceptors (Lipinski definition) is 14. The minimum absolute atomic E-state index is 0.0296. The number of amides is 1. The summed E-state index contributed by atoms with van der Waals surface area (Å²) in [5.41, 5.74) is 18.0. The van der Waals surface area contributed by atoms with Crippen LogP contribution >= 0.6 is 0 Å². The van der Waals surface area contributed by atoms with Gasteiger partial charge in [0.2, 0.25) is 5.91 Å². The molecule has 0 spiro atoms. The third kappa shape index (κ3) is 15.5. The van der Waals surface area contributed by atoms with E-state index in [-0.39, 0.29) is 61.2 Å². The number of carbonyl (C=O) groups is 4. The number of carboxylic acid groups (broad SMARTS) is 3. The SMILES string of the molecule is C[C@H](CCCNC(=O)CN1CCN(CC(=O)O)CCN(CC(=O)O)CCN(CC(=O)O)CC1)[C@H]1CC[C@H]2C3[C@H](OCCCN)CC4C[C@H](OCCCN)CC[C@]4(C)[C@H]3C[C@H](OCCCN)[C@]12C. The van der Waals surface area contributed by atoms with Gasteiger partial charge in [0, 0.05) is 84.1 Å². The van der Waals surface area contributed by atoms with Crippen molar-refractivity contribution in [1.82, 2.24) is 24.9 Å². The largest absolute Gasteiger partial charge is 0.480 e. The molecule has 386 valence electrons. The van der Waals surface area contributed by atoms with Gasteiger partial charge >= 0.3 is 17.9 Å². The van der Waals surface area contributed by atoms with E-state index in [1.165, 1.54) is 0 Å². The van der Waals surface area contributed by atoms with E-state index in [1.807, 2.05) is 4.90 Å². The molecule has 5 fully saturated rings. The molecule has 1 saturated heterocycles. The second-order valence-corrected chi connectivity index (χ2v) is 21.2. The molecule has 1 aliphatic heterocycles. The zero-order valence-corrected chi connectivity index (χ0v) is 41.3. The van der Waals surface area contributed by atoms with Crippen molar-refractivity contribution in [3.8, 4) is 0 Å². The predicted molar refractivity (Wildman–Crippen MR) is 256 cm³/mol. The molecule has 4 saturated carbocycles. The summed E-state index contributed by atoms with van der Waals surface area (Å²) in [6.45, 7) is 14.3. The standard InChI is InChI=1S/C49H90N8O10/c1-35(8-4-16-53-43(58)31-54-17-19-55(32-44(59)60)21-23-57(34-46(63)64)24-22-56(20-18-54)33-45(61)62)38-9-10-39-47-40(30-42(49(38,39)3)67-27-7-15-52)48(2)12-11-37(65-25-5-13-50)28-36(48)29-41(47)66-26-6-14-51/h35-42,47H,4-34,50-52H2,1-3H3,(H,53,58)(H,59,60)(H,61,62)(H,63,64)/t35-,36?,37-,38-,39+,40+,41-,42+,47?,48+,49-/m1/s1. The number of fused-ring (bicyclic) bond motifs is 5. The molecule has 4 aliphatic carbocycles. The summed E-state index contributed by atoms with van der Waals surface area (Å²) >= 11 is 0. The van der Waals surface area contributed by atoms with Gasteiger partial charge in [-0.3, -0.25) is 38.8 Å². The van der Waals surface area contributed by atoms with Crippen molar-refractivity contribution < 1.29 is 48.7 Å². The van der Waals surface area contributed by atoms with Crippen LogP contribution in [0.5, 0.6) is 0 Å². The van der Waals surface area contributed by atoms with Gasteiger partial charge < -0.3 is 52.0 Å². The Kier molecular flexibility index (Phi) is 22.5. The molecule has 10 N–H and O–H groups in total. The number of rotatable bonds is 25. The first-order valence-corrected chi connectivity index (χ1v) is 25.9. The summed E-state index contributed by atoms with van der Waals surface area (Å²) in [6, 6.07) is 0. The highest BCUT2D eigenvalue weighted by Gasteiger charge is 2.66. The number of carboxylic acids is 3. The van der Waals surface area contributed by atoms with E-state index in [9.17, 15) is 34.5 Å². The lowest BCUT2D eigenvalue weighted by molar-refractivity contribution is -0.227. The van der Waals surface area contributed by atoms with E-state index < -0.39 is 17.9 Å². The summed E-state index contributed by atoms with van der Waals surface area (Å²) in [6.07, 6.45) is 12.7. The molecule has 1 heterocycles. The van der Waals surface area contributed by atoms with Crippen LogP contribution in [0, 0.1) is 46.3 Å². The van der Waals surface area contributed by atoms with Crippen LogP contribution in [0.15, 0.2) is 0 Å². The Hall–Kier alpha value is -2.52. The van der Waals surface area contributed by atoms with Crippen molar-refractivity contribution in [3.63, 3.8) is 0 Å². The smallest absolute Gasteiger partial charge is 0.317 e. The summed E-state index contributed by atoms with van der Waals surface area (Å²) in [4.78, 5) is 55.8. The maximum absolute atomic E-state index is 13.5. The third-order valence-corrected chi connectivity index (χ3v) is 17.0. The molecule has 0 aromatic heterocycles. The van der Waals surface area contributed by atoms with Gasteiger partial charge in [-0.25, -0.2) is 0 Å². The number of carbonyl (C=O) groups excluding carboxylic acids is 1. The molecule has 5 rings (SSSR count). The minimum Gasteiger partial charge on any atom is -0.480 e. The number of nitrogens with zero attached hydrogens (tertiary/aromatic N) is 4. The van der Waals surface area contributed by atoms with Gasteiger partial charge in [-0.2, -0.15) is 0 Å². The predicted octanol–water partition coefficient (Wildman–Crippen LogP) is 2.07. The zero-order valence-electron chi connectivity index (χ0n) is 41.3. The maximum Gasteiger partial charge on any atom is 0.317 e. The van der Waals surface area contributed by atoms with Gasteiger partial charge in [-0.05, 0) is 138 Å². The van der Waals surface area contributed by atoms with Gasteiger partial charge in [0.05, 0.1) is 44.5 Å². The van der Waals surface area contributed by atoms with Crippen LogP contribution in [0.25, 0.3) is 0 Å². The Morgan fingerprint density at radius 2 is 1.15 bits per heavy atom. The molecular formula is C49H90N8O10. The van der Waals surface area contributed by atoms with Gasteiger partial charge in [-0.1, -0.05) is 20.8 Å². The Morgan fingerprint density at radius 3 is 1.67 bits per heavy atom. The van der Waals surface area contributed by atoms with Gasteiger partial charge in [0.25, 0.3) is 0 Å². The molecule has 0 aromatic carbocycles. The quantitative estimate of drug-likeness (QED) is 0.0647. The highest BCUT2D eigenvalue weighted by molar-refractivity contribution is 5.78. The fourth-order valence-electron chi connectivity index (χ4n) is 13.5. The molecule has 0 radical (unpaired) electrons. The summed E-state index contributed by atoms with van der Waals surface area (Å²) in [7, 11) is 0. The average molecular weight is 951 g/mol. The lowest BCUT2D eigenvalue weighted by Crippen LogP contribution is -2.63. The second-order valence-electron chi connectivity index (χ2n) is 21.2. The van der Waals surface area contributed by atoms with Crippen molar-refractivity contribution in [2.45, 2.75) is 116 Å². The van der Waals surface area contributed by atoms with Crippen LogP contribution in [-0.2, 0) is 33.4 Å². The first-order chi connectivity index (χ1) is 32.1. The average Bonchev–Trinajstić information content (AvgIpc) is 3.64. The summed E-state index contributed by atoms with van der Waals surface area (Å²) < 4.78 is 20.4. The Bertz CT molecular complexity index is 1520. The molecule has 0 aromatic rings. The number of nitrogens with one attached hydrogen (secondary N) is 1. The number of hydrogen-bond donors (Lipinski definition) is 7. The molecule has 1 amide bonds. The van der Waals surface area contributed by atoms with Crippen LogP contribution in [0.1, 0.15) is 97.8 Å².